The number of rotatable bonds is 1. The Morgan fingerprint density at radius 3 is 2.71 bits per heavy atom. The first-order valence-electron chi connectivity index (χ1n) is 6.12. The van der Waals surface area contributed by atoms with Crippen molar-refractivity contribution in [3.63, 3.8) is 0 Å². The Morgan fingerprint density at radius 1 is 1.29 bits per heavy atom. The van der Waals surface area contributed by atoms with E-state index in [2.05, 4.69) is 4.90 Å². The van der Waals surface area contributed by atoms with E-state index < -0.39 is 5.60 Å². The Morgan fingerprint density at radius 2 is 2.00 bits per heavy atom. The van der Waals surface area contributed by atoms with Crippen LogP contribution in [0.2, 0.25) is 5.15 Å². The summed E-state index contributed by atoms with van der Waals surface area (Å²) in [5.74, 6) is 0. The lowest BCUT2D eigenvalue weighted by Gasteiger charge is -2.34. The first kappa shape index (κ1) is 11.2. The van der Waals surface area contributed by atoms with Gasteiger partial charge in [0.25, 0.3) is 0 Å². The molecular weight excluding hydrogens is 236 g/mol. The maximum Gasteiger partial charge on any atom is 0.113 e. The zero-order chi connectivity index (χ0) is 12.0. The summed E-state index contributed by atoms with van der Waals surface area (Å²) in [6.45, 7) is 0.840. The quantitative estimate of drug-likeness (QED) is 0.833. The minimum absolute atomic E-state index is 0.694. The molecule has 0 atom stereocenters. The predicted molar refractivity (Wildman–Crippen MR) is 68.6 cm³/mol. The lowest BCUT2D eigenvalue weighted by Crippen LogP contribution is -2.34. The van der Waals surface area contributed by atoms with Gasteiger partial charge >= 0.3 is 0 Å². The second-order valence-electron chi connectivity index (χ2n) is 5.15. The number of fused-ring (bicyclic) bond motifs is 1. The Labute approximate surface area is 106 Å². The molecule has 1 fully saturated rings. The average molecular weight is 253 g/mol. The molecule has 0 amide bonds. The molecule has 1 aliphatic carbocycles. The Balaban J connectivity index is 2.10. The molecule has 0 spiro atoms. The molecule has 1 aliphatic heterocycles. The van der Waals surface area contributed by atoms with Crippen LogP contribution in [0.15, 0.2) is 18.3 Å². The second kappa shape index (κ2) is 3.79. The monoisotopic (exact) mass is 252 g/mol. The summed E-state index contributed by atoms with van der Waals surface area (Å²) in [7, 11) is 2.03. The van der Waals surface area contributed by atoms with E-state index in [-0.39, 0.29) is 0 Å². The van der Waals surface area contributed by atoms with E-state index in [1.54, 1.807) is 0 Å². The molecule has 1 aromatic heterocycles. The molecule has 4 heteroatoms. The molecule has 1 saturated carbocycles. The van der Waals surface area contributed by atoms with Gasteiger partial charge in [-0.25, -0.2) is 0 Å². The summed E-state index contributed by atoms with van der Waals surface area (Å²) in [4.78, 5) is 2.11. The number of hydrogen-bond acceptors (Lipinski definition) is 2. The normalized spacial score (nSPS) is 22.5. The van der Waals surface area contributed by atoms with Crippen LogP contribution in [-0.2, 0) is 6.54 Å². The van der Waals surface area contributed by atoms with Gasteiger partial charge in [0.05, 0.1) is 12.2 Å². The molecule has 0 aromatic carbocycles. The average Bonchev–Trinajstić information content (AvgIpc) is 2.86. The first-order chi connectivity index (χ1) is 8.10. The van der Waals surface area contributed by atoms with Crippen molar-refractivity contribution in [3.8, 4) is 0 Å². The van der Waals surface area contributed by atoms with Crippen molar-refractivity contribution in [2.45, 2.75) is 37.8 Å². The van der Waals surface area contributed by atoms with Gasteiger partial charge < -0.3 is 14.6 Å². The summed E-state index contributed by atoms with van der Waals surface area (Å²) >= 11 is 6.23. The number of aliphatic hydroxyl groups is 1. The van der Waals surface area contributed by atoms with Crippen LogP contribution >= 0.6 is 11.6 Å². The molecule has 17 heavy (non-hydrogen) atoms. The molecule has 0 radical (unpaired) electrons. The fourth-order valence-corrected chi connectivity index (χ4v) is 3.22. The summed E-state index contributed by atoms with van der Waals surface area (Å²) in [6.07, 6.45) is 5.88. The number of nitrogens with zero attached hydrogens (tertiary/aromatic N) is 2. The lowest BCUT2D eigenvalue weighted by molar-refractivity contribution is 0.101. The zero-order valence-electron chi connectivity index (χ0n) is 9.99. The molecule has 3 nitrogen and oxygen atoms in total. The van der Waals surface area contributed by atoms with Crippen molar-refractivity contribution in [3.05, 3.63) is 29.2 Å². The van der Waals surface area contributed by atoms with Gasteiger partial charge in [0, 0.05) is 18.9 Å². The number of halogens is 1. The van der Waals surface area contributed by atoms with Crippen LogP contribution in [0.4, 0.5) is 0 Å². The van der Waals surface area contributed by atoms with Crippen LogP contribution in [0.1, 0.15) is 31.4 Å². The molecular formula is C13H17ClN2O. The van der Waals surface area contributed by atoms with Crippen LogP contribution in [-0.4, -0.2) is 27.2 Å². The van der Waals surface area contributed by atoms with Crippen molar-refractivity contribution in [1.29, 1.82) is 0 Å². The summed E-state index contributed by atoms with van der Waals surface area (Å²) in [5.41, 5.74) is 1.38. The van der Waals surface area contributed by atoms with Gasteiger partial charge in [0.15, 0.2) is 0 Å². The first-order valence-corrected chi connectivity index (χ1v) is 6.49. The van der Waals surface area contributed by atoms with Crippen LogP contribution < -0.4 is 0 Å². The Bertz CT molecular complexity index is 472. The zero-order valence-corrected chi connectivity index (χ0v) is 10.7. The van der Waals surface area contributed by atoms with Crippen LogP contribution in [0.3, 0.4) is 0 Å². The topological polar surface area (TPSA) is 28.4 Å². The third-order valence-corrected chi connectivity index (χ3v) is 4.11. The largest absolute Gasteiger partial charge is 0.384 e. The minimum atomic E-state index is -0.702. The van der Waals surface area contributed by atoms with Crippen molar-refractivity contribution in [2.24, 2.45) is 0 Å². The van der Waals surface area contributed by atoms with Crippen molar-refractivity contribution < 1.29 is 5.11 Å². The predicted octanol–water partition coefficient (Wildman–Crippen LogP) is 2.69. The fourth-order valence-electron chi connectivity index (χ4n) is 2.96. The molecule has 0 saturated heterocycles. The molecule has 1 aromatic rings. The van der Waals surface area contributed by atoms with Gasteiger partial charge in [0.1, 0.15) is 10.8 Å². The maximum atomic E-state index is 10.7. The van der Waals surface area contributed by atoms with Gasteiger partial charge in [-0.05, 0) is 25.0 Å². The van der Waals surface area contributed by atoms with E-state index in [4.69, 9.17) is 11.6 Å². The number of hydrogen-bond donors (Lipinski definition) is 1. The summed E-state index contributed by atoms with van der Waals surface area (Å²) in [6, 6.07) is 3.94. The third-order valence-electron chi connectivity index (χ3n) is 3.82. The molecule has 3 rings (SSSR count). The van der Waals surface area contributed by atoms with Gasteiger partial charge in [0.2, 0.25) is 0 Å². The van der Waals surface area contributed by atoms with Crippen LogP contribution in [0.5, 0.6) is 0 Å². The Kier molecular flexibility index (Phi) is 2.49. The molecule has 2 aliphatic rings. The molecule has 92 valence electrons. The van der Waals surface area contributed by atoms with Gasteiger partial charge in [-0.1, -0.05) is 24.4 Å². The van der Waals surface area contributed by atoms with E-state index in [0.717, 1.165) is 43.6 Å². The standard InChI is InChI=1S/C13H17ClN2O/c1-15-8-10-4-5-12(14)16(10)11(9-15)13(17)6-2-3-7-13/h4-5,9,17H,2-3,6-8H2,1H3. The lowest BCUT2D eigenvalue weighted by atomic mass is 9.97. The van der Waals surface area contributed by atoms with E-state index in [1.165, 1.54) is 0 Å². The van der Waals surface area contributed by atoms with E-state index in [0.29, 0.717) is 5.15 Å². The van der Waals surface area contributed by atoms with Crippen LogP contribution in [0, 0.1) is 0 Å². The fraction of sp³-hybridized carbons (Fsp3) is 0.538. The van der Waals surface area contributed by atoms with Gasteiger partial charge in [-0.15, -0.1) is 0 Å². The van der Waals surface area contributed by atoms with Crippen LogP contribution in [0.25, 0.3) is 5.70 Å². The second-order valence-corrected chi connectivity index (χ2v) is 5.54. The van der Waals surface area contributed by atoms with E-state index >= 15 is 0 Å². The van der Waals surface area contributed by atoms with E-state index in [9.17, 15) is 5.11 Å². The van der Waals surface area contributed by atoms with Crippen molar-refractivity contribution in [2.75, 3.05) is 7.05 Å². The highest BCUT2D eigenvalue weighted by atomic mass is 35.5. The Hall–Kier alpha value is -0.930. The van der Waals surface area contributed by atoms with E-state index in [1.807, 2.05) is 29.9 Å². The smallest absolute Gasteiger partial charge is 0.113 e. The SMILES string of the molecule is CN1C=C(C2(O)CCCC2)n2c(Cl)ccc2C1. The molecule has 1 N–H and O–H groups in total. The highest BCUT2D eigenvalue weighted by molar-refractivity contribution is 6.30. The molecule has 0 bridgehead atoms. The molecule has 2 heterocycles. The van der Waals surface area contributed by atoms with Gasteiger partial charge in [-0.3, -0.25) is 0 Å². The number of aromatic nitrogens is 1. The molecule has 0 unspecified atom stereocenters. The maximum absolute atomic E-state index is 10.7. The highest BCUT2D eigenvalue weighted by Crippen LogP contribution is 2.41. The van der Waals surface area contributed by atoms with Gasteiger partial charge in [-0.2, -0.15) is 0 Å². The highest BCUT2D eigenvalue weighted by Gasteiger charge is 2.38. The summed E-state index contributed by atoms with van der Waals surface area (Å²) in [5, 5.41) is 11.4. The summed E-state index contributed by atoms with van der Waals surface area (Å²) < 4.78 is 2.01. The third kappa shape index (κ3) is 1.69. The van der Waals surface area contributed by atoms with Crippen molar-refractivity contribution >= 4 is 17.3 Å². The minimum Gasteiger partial charge on any atom is -0.384 e. The van der Waals surface area contributed by atoms with Crippen molar-refractivity contribution in [1.82, 2.24) is 9.47 Å².